The van der Waals surface area contributed by atoms with E-state index in [2.05, 4.69) is 31.0 Å². The van der Waals surface area contributed by atoms with Crippen LogP contribution in [0.1, 0.15) is 5.82 Å². The minimum Gasteiger partial charge on any atom is -0.263 e. The van der Waals surface area contributed by atoms with Crippen LogP contribution in [0.3, 0.4) is 0 Å². The number of nitrogens with zero attached hydrogens (tertiary/aromatic N) is 5. The second-order valence-corrected chi connectivity index (χ2v) is 3.31. The van der Waals surface area contributed by atoms with Crippen LogP contribution in [0.2, 0.25) is 0 Å². The molecule has 6 heteroatoms. The Labute approximate surface area is 88.2 Å². The molecule has 2 heterocycles. The van der Waals surface area contributed by atoms with Crippen molar-refractivity contribution in [1.29, 1.82) is 5.26 Å². The lowest BCUT2D eigenvalue weighted by Gasteiger charge is -2.00. The lowest BCUT2D eigenvalue weighted by Crippen LogP contribution is -1.96. The molecule has 68 valence electrons. The molecule has 5 nitrogen and oxygen atoms in total. The molecule has 2 rings (SSSR count). The summed E-state index contributed by atoms with van der Waals surface area (Å²) in [6.45, 7) is 0. The summed E-state index contributed by atoms with van der Waals surface area (Å²) in [5.41, 5.74) is 0.800. The molecule has 2 aromatic rings. The maximum Gasteiger partial charge on any atom is 0.252 e. The molecule has 0 amide bonds. The van der Waals surface area contributed by atoms with E-state index in [9.17, 15) is 0 Å². The van der Waals surface area contributed by atoms with Gasteiger partial charge in [0.25, 0.3) is 5.82 Å². The van der Waals surface area contributed by atoms with Crippen molar-refractivity contribution in [3.05, 3.63) is 35.1 Å². The van der Waals surface area contributed by atoms with Crippen molar-refractivity contribution in [2.24, 2.45) is 0 Å². The first-order chi connectivity index (χ1) is 6.81. The fourth-order valence-electron chi connectivity index (χ4n) is 0.984. The van der Waals surface area contributed by atoms with Crippen LogP contribution in [0.25, 0.3) is 5.69 Å². The molecule has 0 aromatic carbocycles. The number of rotatable bonds is 1. The van der Waals surface area contributed by atoms with Gasteiger partial charge in [-0.3, -0.25) is 4.98 Å². The Kier molecular flexibility index (Phi) is 2.24. The fraction of sp³-hybridized carbons (Fsp3) is 0. The van der Waals surface area contributed by atoms with Crippen molar-refractivity contribution in [3.8, 4) is 11.8 Å². The SMILES string of the molecule is N#Cc1ncn(-c2ccncc2Br)n1. The molecule has 0 saturated carbocycles. The Bertz CT molecular complexity index is 498. The fourth-order valence-corrected chi connectivity index (χ4v) is 1.42. The molecular weight excluding hydrogens is 246 g/mol. The molecule has 2 aromatic heterocycles. The van der Waals surface area contributed by atoms with Gasteiger partial charge < -0.3 is 0 Å². The maximum absolute atomic E-state index is 8.55. The van der Waals surface area contributed by atoms with Crippen molar-refractivity contribution in [2.75, 3.05) is 0 Å². The Morgan fingerprint density at radius 1 is 1.50 bits per heavy atom. The third-order valence-electron chi connectivity index (χ3n) is 1.59. The van der Waals surface area contributed by atoms with Crippen LogP contribution in [-0.4, -0.2) is 19.7 Å². The van der Waals surface area contributed by atoms with Crippen LogP contribution < -0.4 is 0 Å². The highest BCUT2D eigenvalue weighted by atomic mass is 79.9. The average Bonchev–Trinajstić information content (AvgIpc) is 2.67. The Morgan fingerprint density at radius 2 is 2.36 bits per heavy atom. The standard InChI is InChI=1S/C8H4BrN5/c9-6-4-11-2-1-7(6)14-5-12-8(3-10)13-14/h1-2,4-5H. The van der Waals surface area contributed by atoms with E-state index in [-0.39, 0.29) is 5.82 Å². The van der Waals surface area contributed by atoms with Gasteiger partial charge in [-0.15, -0.1) is 5.10 Å². The van der Waals surface area contributed by atoms with Crippen LogP contribution in [0.15, 0.2) is 29.3 Å². The van der Waals surface area contributed by atoms with Gasteiger partial charge >= 0.3 is 0 Å². The van der Waals surface area contributed by atoms with E-state index in [1.54, 1.807) is 18.5 Å². The lowest BCUT2D eigenvalue weighted by molar-refractivity contribution is 0.865. The monoisotopic (exact) mass is 249 g/mol. The van der Waals surface area contributed by atoms with Crippen LogP contribution in [-0.2, 0) is 0 Å². The van der Waals surface area contributed by atoms with Crippen LogP contribution >= 0.6 is 15.9 Å². The van der Waals surface area contributed by atoms with Crippen molar-refractivity contribution in [2.45, 2.75) is 0 Å². The number of halogens is 1. The average molecular weight is 250 g/mol. The van der Waals surface area contributed by atoms with Gasteiger partial charge in [-0.1, -0.05) is 0 Å². The first kappa shape index (κ1) is 8.84. The molecule has 0 fully saturated rings. The molecule has 0 unspecified atom stereocenters. The maximum atomic E-state index is 8.55. The van der Waals surface area contributed by atoms with E-state index in [4.69, 9.17) is 5.26 Å². The third-order valence-corrected chi connectivity index (χ3v) is 2.20. The van der Waals surface area contributed by atoms with Crippen molar-refractivity contribution >= 4 is 15.9 Å². The van der Waals surface area contributed by atoms with Gasteiger partial charge in [-0.2, -0.15) is 5.26 Å². The first-order valence-electron chi connectivity index (χ1n) is 3.73. The Hall–Kier alpha value is -1.74. The summed E-state index contributed by atoms with van der Waals surface area (Å²) in [7, 11) is 0. The zero-order valence-corrected chi connectivity index (χ0v) is 8.51. The zero-order valence-electron chi connectivity index (χ0n) is 6.92. The van der Waals surface area contributed by atoms with Crippen LogP contribution in [0.5, 0.6) is 0 Å². The molecule has 0 aliphatic carbocycles. The normalized spacial score (nSPS) is 9.71. The number of aromatic nitrogens is 4. The van der Waals surface area contributed by atoms with Gasteiger partial charge in [-0.25, -0.2) is 9.67 Å². The first-order valence-corrected chi connectivity index (χ1v) is 4.52. The summed E-state index contributed by atoms with van der Waals surface area (Å²) in [6, 6.07) is 3.64. The summed E-state index contributed by atoms with van der Waals surface area (Å²) < 4.78 is 2.32. The Balaban J connectivity index is 2.51. The van der Waals surface area contributed by atoms with Crippen molar-refractivity contribution in [3.63, 3.8) is 0 Å². The summed E-state index contributed by atoms with van der Waals surface area (Å²) in [6.07, 6.45) is 4.79. The van der Waals surface area contributed by atoms with Crippen LogP contribution in [0.4, 0.5) is 0 Å². The molecule has 0 aliphatic heterocycles. The molecule has 0 bridgehead atoms. The van der Waals surface area contributed by atoms with Gasteiger partial charge in [0, 0.05) is 12.4 Å². The number of hydrogen-bond acceptors (Lipinski definition) is 4. The molecule has 0 saturated heterocycles. The van der Waals surface area contributed by atoms with Crippen molar-refractivity contribution < 1.29 is 0 Å². The quantitative estimate of drug-likeness (QED) is 0.764. The zero-order chi connectivity index (χ0) is 9.97. The van der Waals surface area contributed by atoms with Gasteiger partial charge in [0.15, 0.2) is 0 Å². The van der Waals surface area contributed by atoms with Crippen LogP contribution in [0, 0.1) is 11.3 Å². The topological polar surface area (TPSA) is 67.4 Å². The second kappa shape index (κ2) is 3.55. The summed E-state index contributed by atoms with van der Waals surface area (Å²) >= 11 is 3.33. The summed E-state index contributed by atoms with van der Waals surface area (Å²) in [5.74, 6) is 0.147. The van der Waals surface area contributed by atoms with Gasteiger partial charge in [0.05, 0.1) is 10.2 Å². The third kappa shape index (κ3) is 1.49. The molecule has 0 atom stereocenters. The summed E-state index contributed by atoms with van der Waals surface area (Å²) in [5, 5.41) is 12.5. The highest BCUT2D eigenvalue weighted by Gasteiger charge is 2.04. The van der Waals surface area contributed by atoms with Crippen molar-refractivity contribution in [1.82, 2.24) is 19.7 Å². The van der Waals surface area contributed by atoms with E-state index >= 15 is 0 Å². The highest BCUT2D eigenvalue weighted by molar-refractivity contribution is 9.10. The molecular formula is C8H4BrN5. The lowest BCUT2D eigenvalue weighted by atomic mass is 10.4. The van der Waals surface area contributed by atoms with E-state index in [0.29, 0.717) is 0 Å². The minimum atomic E-state index is 0.147. The van der Waals surface area contributed by atoms with Gasteiger partial charge in [0.1, 0.15) is 12.4 Å². The second-order valence-electron chi connectivity index (χ2n) is 2.45. The van der Waals surface area contributed by atoms with Gasteiger partial charge in [-0.05, 0) is 22.0 Å². The summed E-state index contributed by atoms with van der Waals surface area (Å²) in [4.78, 5) is 7.73. The van der Waals surface area contributed by atoms with E-state index in [0.717, 1.165) is 10.2 Å². The minimum absolute atomic E-state index is 0.147. The molecule has 0 aliphatic rings. The predicted octanol–water partition coefficient (Wildman–Crippen LogP) is 1.30. The largest absolute Gasteiger partial charge is 0.263 e. The highest BCUT2D eigenvalue weighted by Crippen LogP contribution is 2.17. The van der Waals surface area contributed by atoms with E-state index in [1.807, 2.05) is 6.07 Å². The number of nitriles is 1. The van der Waals surface area contributed by atoms with E-state index in [1.165, 1.54) is 11.0 Å². The van der Waals surface area contributed by atoms with E-state index < -0.39 is 0 Å². The smallest absolute Gasteiger partial charge is 0.252 e. The number of hydrogen-bond donors (Lipinski definition) is 0. The number of pyridine rings is 1. The molecule has 0 radical (unpaired) electrons. The Morgan fingerprint density at radius 3 is 3.00 bits per heavy atom. The predicted molar refractivity (Wildman–Crippen MR) is 51.6 cm³/mol. The molecule has 0 N–H and O–H groups in total. The molecule has 14 heavy (non-hydrogen) atoms. The molecule has 0 spiro atoms. The van der Waals surface area contributed by atoms with Gasteiger partial charge in [0.2, 0.25) is 0 Å².